The number of nitrogens with zero attached hydrogens (tertiary/aromatic N) is 2. The van der Waals surface area contributed by atoms with Crippen molar-refractivity contribution in [3.05, 3.63) is 28.5 Å². The summed E-state index contributed by atoms with van der Waals surface area (Å²) in [5.41, 5.74) is 1.58. The van der Waals surface area contributed by atoms with Crippen molar-refractivity contribution in [2.45, 2.75) is 26.2 Å². The molecule has 0 aromatic carbocycles. The zero-order valence-electron chi connectivity index (χ0n) is 16.9. The van der Waals surface area contributed by atoms with Crippen molar-refractivity contribution in [3.63, 3.8) is 0 Å². The second kappa shape index (κ2) is 9.65. The van der Waals surface area contributed by atoms with Crippen molar-refractivity contribution in [2.24, 2.45) is 5.41 Å². The Morgan fingerprint density at radius 3 is 2.66 bits per heavy atom. The van der Waals surface area contributed by atoms with Crippen molar-refractivity contribution in [2.75, 3.05) is 45.9 Å². The SMILES string of the molecule is CC(CC(=N)CC(=O)N1CC=C(c2ccsc2)CC1)(CN1CCOCC1)C(=O)O. The maximum absolute atomic E-state index is 12.6. The summed E-state index contributed by atoms with van der Waals surface area (Å²) in [5, 5.41) is 22.2. The van der Waals surface area contributed by atoms with Crippen molar-refractivity contribution in [1.82, 2.24) is 9.80 Å². The number of morpholine rings is 1. The predicted molar refractivity (Wildman–Crippen MR) is 113 cm³/mol. The lowest BCUT2D eigenvalue weighted by atomic mass is 9.83. The van der Waals surface area contributed by atoms with Gasteiger partial charge in [-0.2, -0.15) is 11.3 Å². The van der Waals surface area contributed by atoms with E-state index >= 15 is 0 Å². The van der Waals surface area contributed by atoms with Crippen LogP contribution in [0.3, 0.4) is 0 Å². The van der Waals surface area contributed by atoms with Gasteiger partial charge in [-0.3, -0.25) is 14.5 Å². The van der Waals surface area contributed by atoms with Crippen molar-refractivity contribution < 1.29 is 19.4 Å². The van der Waals surface area contributed by atoms with Crippen molar-refractivity contribution >= 4 is 34.5 Å². The Labute approximate surface area is 175 Å². The summed E-state index contributed by atoms with van der Waals surface area (Å²) in [7, 11) is 0. The lowest BCUT2D eigenvalue weighted by Gasteiger charge is -2.34. The quantitative estimate of drug-likeness (QED) is 0.632. The monoisotopic (exact) mass is 419 g/mol. The van der Waals surface area contributed by atoms with E-state index in [0.29, 0.717) is 45.9 Å². The molecule has 1 fully saturated rings. The lowest BCUT2D eigenvalue weighted by molar-refractivity contribution is -0.149. The molecule has 0 bridgehead atoms. The predicted octanol–water partition coefficient (Wildman–Crippen LogP) is 2.59. The molecule has 1 saturated heterocycles. The van der Waals surface area contributed by atoms with Crippen LogP contribution in [0.15, 0.2) is 22.9 Å². The number of carboxylic acids is 1. The minimum Gasteiger partial charge on any atom is -0.481 e. The molecule has 7 nitrogen and oxygen atoms in total. The van der Waals surface area contributed by atoms with E-state index in [9.17, 15) is 14.7 Å². The number of carbonyl (C=O) groups excluding carboxylic acids is 1. The first kappa shape index (κ1) is 21.7. The van der Waals surface area contributed by atoms with Crippen LogP contribution in [0, 0.1) is 10.8 Å². The number of aliphatic carboxylic acids is 1. The molecule has 0 radical (unpaired) electrons. The molecule has 1 amide bonds. The summed E-state index contributed by atoms with van der Waals surface area (Å²) < 4.78 is 5.32. The van der Waals surface area contributed by atoms with Crippen LogP contribution in [0.4, 0.5) is 0 Å². The van der Waals surface area contributed by atoms with Crippen molar-refractivity contribution in [3.8, 4) is 0 Å². The molecule has 1 aromatic heterocycles. The summed E-state index contributed by atoms with van der Waals surface area (Å²) in [5.74, 6) is -1.03. The number of carbonyl (C=O) groups is 2. The van der Waals surface area contributed by atoms with Gasteiger partial charge in [0.15, 0.2) is 0 Å². The summed E-state index contributed by atoms with van der Waals surface area (Å²) >= 11 is 1.66. The Kier molecular flexibility index (Phi) is 7.21. The Balaban J connectivity index is 1.53. The van der Waals surface area contributed by atoms with Crippen LogP contribution in [0.2, 0.25) is 0 Å². The molecule has 3 heterocycles. The van der Waals surface area contributed by atoms with Gasteiger partial charge >= 0.3 is 5.97 Å². The fourth-order valence-corrected chi connectivity index (χ4v) is 4.57. The van der Waals surface area contributed by atoms with E-state index < -0.39 is 11.4 Å². The first-order valence-electron chi connectivity index (χ1n) is 9.96. The first-order valence-corrected chi connectivity index (χ1v) is 10.9. The third-order valence-corrected chi connectivity index (χ3v) is 6.30. The van der Waals surface area contributed by atoms with Crippen LogP contribution in [0.25, 0.3) is 5.57 Å². The molecule has 29 heavy (non-hydrogen) atoms. The van der Waals surface area contributed by atoms with Crippen LogP contribution in [-0.2, 0) is 14.3 Å². The van der Waals surface area contributed by atoms with Crippen LogP contribution >= 0.6 is 11.3 Å². The third kappa shape index (κ3) is 5.74. The first-order chi connectivity index (χ1) is 13.9. The second-order valence-electron chi connectivity index (χ2n) is 8.04. The largest absolute Gasteiger partial charge is 0.481 e. The molecule has 1 unspecified atom stereocenters. The Morgan fingerprint density at radius 1 is 1.31 bits per heavy atom. The minimum atomic E-state index is -1.08. The van der Waals surface area contributed by atoms with Crippen LogP contribution in [0.1, 0.15) is 31.7 Å². The van der Waals surface area contributed by atoms with Crippen LogP contribution in [0.5, 0.6) is 0 Å². The molecule has 158 valence electrons. The number of amides is 1. The van der Waals surface area contributed by atoms with Crippen molar-refractivity contribution in [1.29, 1.82) is 5.41 Å². The van der Waals surface area contributed by atoms with Gasteiger partial charge in [-0.25, -0.2) is 0 Å². The molecule has 0 saturated carbocycles. The number of hydrogen-bond acceptors (Lipinski definition) is 6. The van der Waals surface area contributed by atoms with E-state index in [1.165, 1.54) is 11.1 Å². The molecular formula is C21H29N3O4S. The van der Waals surface area contributed by atoms with Gasteiger partial charge in [0, 0.05) is 44.9 Å². The molecule has 0 spiro atoms. The van der Waals surface area contributed by atoms with Crippen LogP contribution in [-0.4, -0.2) is 78.4 Å². The van der Waals surface area contributed by atoms with Gasteiger partial charge in [-0.05, 0) is 41.3 Å². The van der Waals surface area contributed by atoms with Gasteiger partial charge in [-0.15, -0.1) is 0 Å². The summed E-state index contributed by atoms with van der Waals surface area (Å²) in [6, 6.07) is 2.09. The average Bonchev–Trinajstić information content (AvgIpc) is 3.23. The Bertz CT molecular complexity index is 771. The molecule has 1 atom stereocenters. The lowest BCUT2D eigenvalue weighted by Crippen LogP contribution is -2.47. The van der Waals surface area contributed by atoms with Crippen LogP contribution < -0.4 is 0 Å². The van der Waals surface area contributed by atoms with Gasteiger partial charge < -0.3 is 20.2 Å². The second-order valence-corrected chi connectivity index (χ2v) is 8.82. The summed E-state index contributed by atoms with van der Waals surface area (Å²) in [6.45, 7) is 5.80. The molecule has 2 aliphatic heterocycles. The van der Waals surface area contributed by atoms with E-state index in [-0.39, 0.29) is 24.5 Å². The highest BCUT2D eigenvalue weighted by Crippen LogP contribution is 2.27. The summed E-state index contributed by atoms with van der Waals surface area (Å²) in [6.07, 6.45) is 2.94. The normalized spacial score (nSPS) is 20.0. The number of nitrogens with one attached hydrogen (secondary N) is 1. The number of thiophene rings is 1. The van der Waals surface area contributed by atoms with E-state index in [4.69, 9.17) is 10.1 Å². The average molecular weight is 420 g/mol. The Morgan fingerprint density at radius 2 is 2.07 bits per heavy atom. The van der Waals surface area contributed by atoms with Gasteiger partial charge in [-0.1, -0.05) is 6.08 Å². The van der Waals surface area contributed by atoms with E-state index in [2.05, 4.69) is 22.4 Å². The highest BCUT2D eigenvalue weighted by Gasteiger charge is 2.37. The van der Waals surface area contributed by atoms with E-state index in [0.717, 1.165) is 6.42 Å². The zero-order valence-corrected chi connectivity index (χ0v) is 17.7. The molecular weight excluding hydrogens is 390 g/mol. The van der Waals surface area contributed by atoms with E-state index in [1.807, 2.05) is 5.38 Å². The minimum absolute atomic E-state index is 0.0202. The topological polar surface area (TPSA) is 93.9 Å². The molecule has 8 heteroatoms. The smallest absolute Gasteiger partial charge is 0.311 e. The highest BCUT2D eigenvalue weighted by atomic mass is 32.1. The fraction of sp³-hybridized carbons (Fsp3) is 0.571. The number of hydrogen-bond donors (Lipinski definition) is 2. The van der Waals surface area contributed by atoms with Gasteiger partial charge in [0.1, 0.15) is 0 Å². The highest BCUT2D eigenvalue weighted by molar-refractivity contribution is 7.08. The number of rotatable bonds is 8. The molecule has 1 aromatic rings. The number of ether oxygens (including phenoxy) is 1. The molecule has 3 rings (SSSR count). The summed E-state index contributed by atoms with van der Waals surface area (Å²) in [4.78, 5) is 28.4. The molecule has 2 N–H and O–H groups in total. The maximum Gasteiger partial charge on any atom is 0.311 e. The standard InChI is InChI=1S/C21H29N3O4S/c1-21(20(26)27,15-23-7-9-28-10-8-23)13-18(22)12-19(25)24-5-2-16(3-6-24)17-4-11-29-14-17/h2,4,11,14,22H,3,5-10,12-13,15H2,1H3,(H,26,27). The third-order valence-electron chi connectivity index (χ3n) is 5.61. The Hall–Kier alpha value is -2.03. The van der Waals surface area contributed by atoms with E-state index in [1.54, 1.807) is 23.2 Å². The zero-order chi connectivity index (χ0) is 20.9. The number of carboxylic acid groups (broad SMARTS) is 1. The van der Waals surface area contributed by atoms with Gasteiger partial charge in [0.25, 0.3) is 0 Å². The fourth-order valence-electron chi connectivity index (χ4n) is 3.88. The van der Waals surface area contributed by atoms with Gasteiger partial charge in [0.05, 0.1) is 25.0 Å². The molecule has 2 aliphatic rings. The van der Waals surface area contributed by atoms with Gasteiger partial charge in [0.2, 0.25) is 5.91 Å². The molecule has 0 aliphatic carbocycles. The maximum atomic E-state index is 12.6.